The van der Waals surface area contributed by atoms with Crippen LogP contribution in [-0.4, -0.2) is 37.5 Å². The van der Waals surface area contributed by atoms with Crippen molar-refractivity contribution in [2.75, 3.05) is 19.6 Å². The minimum atomic E-state index is -0.287. The summed E-state index contributed by atoms with van der Waals surface area (Å²) >= 11 is 0. The number of carbonyl (C=O) groups is 2. The zero-order chi connectivity index (χ0) is 12.1. The van der Waals surface area contributed by atoms with E-state index in [1.54, 1.807) is 0 Å². The first kappa shape index (κ1) is 12.1. The summed E-state index contributed by atoms with van der Waals surface area (Å²) in [5.41, 5.74) is 1.45. The zero-order valence-corrected chi connectivity index (χ0v) is 9.92. The van der Waals surface area contributed by atoms with Gasteiger partial charge in [0.1, 0.15) is 6.04 Å². The van der Waals surface area contributed by atoms with Crippen LogP contribution in [0.4, 0.5) is 0 Å². The van der Waals surface area contributed by atoms with Crippen LogP contribution in [0.1, 0.15) is 25.7 Å². The summed E-state index contributed by atoms with van der Waals surface area (Å²) < 4.78 is 0. The van der Waals surface area contributed by atoms with Crippen LogP contribution in [0.3, 0.4) is 0 Å². The lowest BCUT2D eigenvalue weighted by Crippen LogP contribution is -2.58. The van der Waals surface area contributed by atoms with E-state index < -0.39 is 0 Å². The van der Waals surface area contributed by atoms with Gasteiger partial charge in [0.25, 0.3) is 0 Å². The highest BCUT2D eigenvalue weighted by atomic mass is 16.2. The molecule has 1 aliphatic carbocycles. The molecule has 1 aliphatic heterocycles. The smallest absolute Gasteiger partial charge is 0.238 e. The molecule has 94 valence electrons. The molecule has 0 radical (unpaired) electrons. The van der Waals surface area contributed by atoms with E-state index >= 15 is 0 Å². The van der Waals surface area contributed by atoms with Gasteiger partial charge in [0, 0.05) is 13.1 Å². The second-order valence-corrected chi connectivity index (χ2v) is 4.53. The summed E-state index contributed by atoms with van der Waals surface area (Å²) in [6, 6.07) is -0.287. The van der Waals surface area contributed by atoms with E-state index in [0.717, 1.165) is 6.42 Å². The predicted molar refractivity (Wildman–Crippen MR) is 64.4 cm³/mol. The monoisotopic (exact) mass is 237 g/mol. The first-order chi connectivity index (χ1) is 8.25. The standard InChI is InChI=1S/C12H19N3O2/c16-11-8-14-10(7-15-11)12(17)13-6-5-9-3-1-2-4-9/h3,10,14H,1-2,4-8H2,(H,13,17)(H,15,16). The van der Waals surface area contributed by atoms with Gasteiger partial charge < -0.3 is 10.6 Å². The van der Waals surface area contributed by atoms with Crippen LogP contribution in [-0.2, 0) is 9.59 Å². The molecule has 1 atom stereocenters. The Bertz CT molecular complexity index is 329. The van der Waals surface area contributed by atoms with Crippen molar-refractivity contribution < 1.29 is 9.59 Å². The molecule has 0 aromatic heterocycles. The van der Waals surface area contributed by atoms with E-state index in [-0.39, 0.29) is 24.4 Å². The van der Waals surface area contributed by atoms with Crippen LogP contribution in [0, 0.1) is 0 Å². The molecule has 5 heteroatoms. The largest absolute Gasteiger partial charge is 0.354 e. The number of nitrogens with one attached hydrogen (secondary N) is 3. The van der Waals surface area contributed by atoms with E-state index in [4.69, 9.17) is 0 Å². The van der Waals surface area contributed by atoms with Crippen molar-refractivity contribution in [2.24, 2.45) is 0 Å². The van der Waals surface area contributed by atoms with Crippen LogP contribution >= 0.6 is 0 Å². The predicted octanol–water partition coefficient (Wildman–Crippen LogP) is -0.309. The highest BCUT2D eigenvalue weighted by Crippen LogP contribution is 2.19. The number of carbonyl (C=O) groups excluding carboxylic acids is 2. The Balaban J connectivity index is 1.65. The molecule has 0 saturated carbocycles. The Hall–Kier alpha value is -1.36. The van der Waals surface area contributed by atoms with Crippen molar-refractivity contribution in [1.82, 2.24) is 16.0 Å². The summed E-state index contributed by atoms with van der Waals surface area (Å²) in [5, 5.41) is 8.48. The lowest BCUT2D eigenvalue weighted by Gasteiger charge is -2.23. The molecule has 2 amide bonds. The SMILES string of the molecule is O=C1CNC(C(=O)NCCC2=CCCC2)CN1. The number of hydrogen-bond donors (Lipinski definition) is 3. The van der Waals surface area contributed by atoms with Crippen molar-refractivity contribution in [2.45, 2.75) is 31.7 Å². The molecular formula is C12H19N3O2. The molecule has 0 bridgehead atoms. The highest BCUT2D eigenvalue weighted by Gasteiger charge is 2.23. The topological polar surface area (TPSA) is 70.2 Å². The molecule has 17 heavy (non-hydrogen) atoms. The fourth-order valence-electron chi connectivity index (χ4n) is 2.19. The van der Waals surface area contributed by atoms with Crippen LogP contribution < -0.4 is 16.0 Å². The Kier molecular flexibility index (Phi) is 4.14. The average Bonchev–Trinajstić information content (AvgIpc) is 2.83. The quantitative estimate of drug-likeness (QED) is 0.587. The van der Waals surface area contributed by atoms with Crippen molar-refractivity contribution in [3.8, 4) is 0 Å². The minimum absolute atomic E-state index is 0.0244. The normalized spacial score (nSPS) is 24.1. The number of rotatable bonds is 4. The number of piperazine rings is 1. The summed E-state index contributed by atoms with van der Waals surface area (Å²) in [6.07, 6.45) is 6.82. The number of hydrogen-bond acceptors (Lipinski definition) is 3. The van der Waals surface area contributed by atoms with Gasteiger partial charge in [-0.1, -0.05) is 11.6 Å². The van der Waals surface area contributed by atoms with Crippen LogP contribution in [0.2, 0.25) is 0 Å². The molecule has 0 aromatic rings. The van der Waals surface area contributed by atoms with Crippen LogP contribution in [0.5, 0.6) is 0 Å². The first-order valence-electron chi connectivity index (χ1n) is 6.21. The number of allylic oxidation sites excluding steroid dienone is 1. The molecule has 1 unspecified atom stereocenters. The molecule has 5 nitrogen and oxygen atoms in total. The van der Waals surface area contributed by atoms with Crippen LogP contribution in [0.25, 0.3) is 0 Å². The Morgan fingerprint density at radius 1 is 1.53 bits per heavy atom. The molecule has 3 N–H and O–H groups in total. The summed E-state index contributed by atoms with van der Waals surface area (Å²) in [4.78, 5) is 22.6. The van der Waals surface area contributed by atoms with Gasteiger partial charge in [0.2, 0.25) is 11.8 Å². The van der Waals surface area contributed by atoms with E-state index in [1.165, 1.54) is 24.8 Å². The zero-order valence-electron chi connectivity index (χ0n) is 9.92. The van der Waals surface area contributed by atoms with Gasteiger partial charge in [-0.05, 0) is 25.7 Å². The van der Waals surface area contributed by atoms with Crippen molar-refractivity contribution in [3.05, 3.63) is 11.6 Å². The van der Waals surface area contributed by atoms with Crippen LogP contribution in [0.15, 0.2) is 11.6 Å². The highest BCUT2D eigenvalue weighted by molar-refractivity contribution is 5.86. The fraction of sp³-hybridized carbons (Fsp3) is 0.667. The van der Waals surface area contributed by atoms with Gasteiger partial charge in [-0.2, -0.15) is 0 Å². The molecule has 1 fully saturated rings. The maximum Gasteiger partial charge on any atom is 0.238 e. The van der Waals surface area contributed by atoms with Gasteiger partial charge in [0.15, 0.2) is 0 Å². The summed E-state index contributed by atoms with van der Waals surface area (Å²) in [6.45, 7) is 1.30. The van der Waals surface area contributed by atoms with Gasteiger partial charge in [-0.25, -0.2) is 0 Å². The molecule has 2 aliphatic rings. The Labute approximate surface area is 101 Å². The average molecular weight is 237 g/mol. The van der Waals surface area contributed by atoms with E-state index in [1.807, 2.05) is 0 Å². The first-order valence-corrected chi connectivity index (χ1v) is 6.21. The molecule has 2 rings (SSSR count). The van der Waals surface area contributed by atoms with Crippen molar-refractivity contribution in [1.29, 1.82) is 0 Å². The van der Waals surface area contributed by atoms with E-state index in [2.05, 4.69) is 22.0 Å². The summed E-state index contributed by atoms with van der Waals surface area (Å²) in [7, 11) is 0. The van der Waals surface area contributed by atoms with Crippen molar-refractivity contribution in [3.63, 3.8) is 0 Å². The van der Waals surface area contributed by atoms with Crippen molar-refractivity contribution >= 4 is 11.8 Å². The van der Waals surface area contributed by atoms with Gasteiger partial charge >= 0.3 is 0 Å². The molecule has 0 spiro atoms. The van der Waals surface area contributed by atoms with Gasteiger partial charge in [-0.15, -0.1) is 0 Å². The lowest BCUT2D eigenvalue weighted by molar-refractivity contribution is -0.126. The lowest BCUT2D eigenvalue weighted by atomic mass is 10.1. The second-order valence-electron chi connectivity index (χ2n) is 4.53. The van der Waals surface area contributed by atoms with E-state index in [9.17, 15) is 9.59 Å². The van der Waals surface area contributed by atoms with Gasteiger partial charge in [0.05, 0.1) is 6.54 Å². The Morgan fingerprint density at radius 2 is 2.41 bits per heavy atom. The molecular weight excluding hydrogens is 218 g/mol. The van der Waals surface area contributed by atoms with Gasteiger partial charge in [-0.3, -0.25) is 14.9 Å². The van der Waals surface area contributed by atoms with E-state index in [0.29, 0.717) is 13.1 Å². The third-order valence-corrected chi connectivity index (χ3v) is 3.21. The molecule has 0 aromatic carbocycles. The maximum atomic E-state index is 11.7. The minimum Gasteiger partial charge on any atom is -0.354 e. The second kappa shape index (κ2) is 5.82. The third-order valence-electron chi connectivity index (χ3n) is 3.21. The Morgan fingerprint density at radius 3 is 3.06 bits per heavy atom. The summed E-state index contributed by atoms with van der Waals surface area (Å²) in [5.74, 6) is -0.0752. The fourth-order valence-corrected chi connectivity index (χ4v) is 2.19. The molecule has 1 saturated heterocycles. The third kappa shape index (κ3) is 3.56. The molecule has 1 heterocycles. The maximum absolute atomic E-state index is 11.7. The number of amides is 2.